The third kappa shape index (κ3) is 2.73. The Bertz CT molecular complexity index is 410. The van der Waals surface area contributed by atoms with Crippen LogP contribution in [0, 0.1) is 5.92 Å². The van der Waals surface area contributed by atoms with E-state index in [0.29, 0.717) is 10.9 Å². The van der Waals surface area contributed by atoms with Crippen LogP contribution in [0.2, 0.25) is 0 Å². The Hall–Kier alpha value is -1.20. The molecule has 2 rings (SSSR count). The second kappa shape index (κ2) is 5.42. The predicted molar refractivity (Wildman–Crippen MR) is 72.3 cm³/mol. The van der Waals surface area contributed by atoms with Gasteiger partial charge in [-0.1, -0.05) is 12.2 Å². The Morgan fingerprint density at radius 3 is 3.24 bits per heavy atom. The third-order valence-corrected chi connectivity index (χ3v) is 3.24. The molecule has 0 saturated carbocycles. The molecule has 0 amide bonds. The molecule has 1 unspecified atom stereocenters. The van der Waals surface area contributed by atoms with Crippen molar-refractivity contribution in [2.45, 2.75) is 6.42 Å². The lowest BCUT2D eigenvalue weighted by atomic mass is 10.1. The zero-order valence-electron chi connectivity index (χ0n) is 9.93. The molecule has 5 heteroatoms. The first kappa shape index (κ1) is 12.3. The van der Waals surface area contributed by atoms with Crippen molar-refractivity contribution in [3.05, 3.63) is 24.0 Å². The lowest BCUT2D eigenvalue weighted by molar-refractivity contribution is 0.161. The van der Waals surface area contributed by atoms with E-state index in [9.17, 15) is 0 Å². The molecule has 1 atom stereocenters. The van der Waals surface area contributed by atoms with Crippen molar-refractivity contribution in [1.82, 2.24) is 4.98 Å². The first-order valence-electron chi connectivity index (χ1n) is 5.71. The van der Waals surface area contributed by atoms with Crippen molar-refractivity contribution in [3.63, 3.8) is 0 Å². The maximum Gasteiger partial charge on any atom is 0.124 e. The van der Waals surface area contributed by atoms with E-state index in [1.165, 1.54) is 0 Å². The molecule has 1 aromatic heterocycles. The van der Waals surface area contributed by atoms with E-state index < -0.39 is 0 Å². The van der Waals surface area contributed by atoms with Crippen molar-refractivity contribution in [2.24, 2.45) is 11.7 Å². The summed E-state index contributed by atoms with van der Waals surface area (Å²) in [5.74, 6) is 0.583. The molecule has 92 valence electrons. The average Bonchev–Trinajstić information content (AvgIpc) is 2.78. The molecule has 0 aromatic carbocycles. The van der Waals surface area contributed by atoms with Crippen molar-refractivity contribution in [1.29, 1.82) is 0 Å². The number of anilines is 1. The average molecular weight is 251 g/mol. The van der Waals surface area contributed by atoms with E-state index in [1.54, 1.807) is 13.3 Å². The first-order valence-corrected chi connectivity index (χ1v) is 6.12. The van der Waals surface area contributed by atoms with E-state index in [0.717, 1.165) is 37.5 Å². The highest BCUT2D eigenvalue weighted by molar-refractivity contribution is 7.80. The van der Waals surface area contributed by atoms with Crippen LogP contribution in [0.4, 0.5) is 5.69 Å². The van der Waals surface area contributed by atoms with Crippen LogP contribution in [0.1, 0.15) is 12.1 Å². The summed E-state index contributed by atoms with van der Waals surface area (Å²) < 4.78 is 5.19. The maximum absolute atomic E-state index is 5.69. The molecule has 1 aliphatic heterocycles. The quantitative estimate of drug-likeness (QED) is 0.815. The normalized spacial score (nSPS) is 19.6. The number of methoxy groups -OCH3 is 1. The summed E-state index contributed by atoms with van der Waals surface area (Å²) in [6, 6.07) is 3.94. The highest BCUT2D eigenvalue weighted by Gasteiger charge is 2.24. The van der Waals surface area contributed by atoms with Crippen molar-refractivity contribution < 1.29 is 4.74 Å². The number of rotatable bonds is 4. The zero-order chi connectivity index (χ0) is 12.3. The molecule has 2 N–H and O–H groups in total. The minimum absolute atomic E-state index is 0.357. The summed E-state index contributed by atoms with van der Waals surface area (Å²) in [5, 5.41) is 0. The van der Waals surface area contributed by atoms with Crippen molar-refractivity contribution in [2.75, 3.05) is 31.7 Å². The van der Waals surface area contributed by atoms with Gasteiger partial charge >= 0.3 is 0 Å². The summed E-state index contributed by atoms with van der Waals surface area (Å²) >= 11 is 5.03. The van der Waals surface area contributed by atoms with Crippen LogP contribution in [0.25, 0.3) is 0 Å². The molecule has 1 saturated heterocycles. The van der Waals surface area contributed by atoms with Gasteiger partial charge in [0.25, 0.3) is 0 Å². The van der Waals surface area contributed by atoms with Crippen LogP contribution < -0.4 is 10.6 Å². The number of thiocarbonyl (C=S) groups is 1. The number of ether oxygens (including phenoxy) is 1. The van der Waals surface area contributed by atoms with Gasteiger partial charge in [-0.3, -0.25) is 4.98 Å². The number of hydrogen-bond acceptors (Lipinski definition) is 4. The van der Waals surface area contributed by atoms with Gasteiger partial charge in [-0.05, 0) is 18.6 Å². The van der Waals surface area contributed by atoms with Gasteiger partial charge in [0.2, 0.25) is 0 Å². The molecular formula is C12H17N3OS. The lowest BCUT2D eigenvalue weighted by Gasteiger charge is -2.20. The Balaban J connectivity index is 2.16. The van der Waals surface area contributed by atoms with Gasteiger partial charge in [0.1, 0.15) is 10.7 Å². The van der Waals surface area contributed by atoms with Crippen LogP contribution in [-0.4, -0.2) is 36.8 Å². The van der Waals surface area contributed by atoms with Gasteiger partial charge < -0.3 is 15.4 Å². The second-order valence-electron chi connectivity index (χ2n) is 4.29. The smallest absolute Gasteiger partial charge is 0.124 e. The molecule has 1 aliphatic rings. The van der Waals surface area contributed by atoms with Gasteiger partial charge in [-0.25, -0.2) is 0 Å². The van der Waals surface area contributed by atoms with E-state index in [2.05, 4.69) is 9.88 Å². The summed E-state index contributed by atoms with van der Waals surface area (Å²) in [5.41, 5.74) is 7.46. The molecule has 1 aromatic rings. The molecular weight excluding hydrogens is 234 g/mol. The Kier molecular flexibility index (Phi) is 3.91. The van der Waals surface area contributed by atoms with Crippen LogP contribution in [0.15, 0.2) is 18.3 Å². The van der Waals surface area contributed by atoms with Crippen molar-refractivity contribution in [3.8, 4) is 0 Å². The number of nitrogens with two attached hydrogens (primary N) is 1. The Morgan fingerprint density at radius 2 is 2.53 bits per heavy atom. The Labute approximate surface area is 107 Å². The molecule has 0 bridgehead atoms. The standard InChI is InChI=1S/C12H17N3OS/c1-16-8-9-4-6-15(7-9)10-3-2-5-14-11(10)12(13)17/h2-3,5,9H,4,6-8H2,1H3,(H2,13,17). The van der Waals surface area contributed by atoms with Gasteiger partial charge in [-0.2, -0.15) is 0 Å². The Morgan fingerprint density at radius 1 is 1.71 bits per heavy atom. The SMILES string of the molecule is COCC1CCN(c2cccnc2C(N)=S)C1. The van der Waals surface area contributed by atoms with Gasteiger partial charge in [0.05, 0.1) is 12.3 Å². The fourth-order valence-electron chi connectivity index (χ4n) is 2.27. The van der Waals surface area contributed by atoms with E-state index in [1.807, 2.05) is 12.1 Å². The van der Waals surface area contributed by atoms with Crippen LogP contribution >= 0.6 is 12.2 Å². The van der Waals surface area contributed by atoms with Crippen LogP contribution in [-0.2, 0) is 4.74 Å². The molecule has 1 fully saturated rings. The monoisotopic (exact) mass is 251 g/mol. The van der Waals surface area contributed by atoms with E-state index in [4.69, 9.17) is 22.7 Å². The largest absolute Gasteiger partial charge is 0.388 e. The van der Waals surface area contributed by atoms with Crippen LogP contribution in [0.3, 0.4) is 0 Å². The minimum atomic E-state index is 0.357. The van der Waals surface area contributed by atoms with Gasteiger partial charge in [-0.15, -0.1) is 0 Å². The summed E-state index contributed by atoms with van der Waals surface area (Å²) in [6.45, 7) is 2.80. The number of aromatic nitrogens is 1. The highest BCUT2D eigenvalue weighted by atomic mass is 32.1. The maximum atomic E-state index is 5.69. The predicted octanol–water partition coefficient (Wildman–Crippen LogP) is 1.19. The molecule has 0 spiro atoms. The summed E-state index contributed by atoms with van der Waals surface area (Å²) in [6.07, 6.45) is 2.86. The second-order valence-corrected chi connectivity index (χ2v) is 4.73. The molecule has 0 radical (unpaired) electrons. The molecule has 17 heavy (non-hydrogen) atoms. The van der Waals surface area contributed by atoms with Crippen molar-refractivity contribution >= 4 is 22.9 Å². The fraction of sp³-hybridized carbons (Fsp3) is 0.500. The van der Waals surface area contributed by atoms with Gasteiger partial charge in [0, 0.05) is 32.3 Å². The summed E-state index contributed by atoms with van der Waals surface area (Å²) in [4.78, 5) is 6.89. The zero-order valence-corrected chi connectivity index (χ0v) is 10.7. The number of hydrogen-bond donors (Lipinski definition) is 1. The topological polar surface area (TPSA) is 51.4 Å². The lowest BCUT2D eigenvalue weighted by Crippen LogP contribution is -2.25. The first-order chi connectivity index (χ1) is 8.22. The third-order valence-electron chi connectivity index (χ3n) is 3.05. The molecule has 2 heterocycles. The van der Waals surface area contributed by atoms with E-state index >= 15 is 0 Å². The summed E-state index contributed by atoms with van der Waals surface area (Å²) in [7, 11) is 1.74. The molecule has 0 aliphatic carbocycles. The minimum Gasteiger partial charge on any atom is -0.388 e. The van der Waals surface area contributed by atoms with E-state index in [-0.39, 0.29) is 0 Å². The van der Waals surface area contributed by atoms with Crippen LogP contribution in [0.5, 0.6) is 0 Å². The number of nitrogens with zero attached hydrogens (tertiary/aromatic N) is 2. The highest BCUT2D eigenvalue weighted by Crippen LogP contribution is 2.25. The molecule has 4 nitrogen and oxygen atoms in total. The number of pyridine rings is 1. The van der Waals surface area contributed by atoms with Gasteiger partial charge in [0.15, 0.2) is 0 Å². The fourth-order valence-corrected chi connectivity index (χ4v) is 2.42.